The van der Waals surface area contributed by atoms with E-state index in [2.05, 4.69) is 15.0 Å². The number of benzene rings is 1. The number of hydrogen-bond donors (Lipinski definition) is 1. The van der Waals surface area contributed by atoms with Crippen LogP contribution in [0.15, 0.2) is 48.8 Å². The van der Waals surface area contributed by atoms with Gasteiger partial charge in [0.2, 0.25) is 0 Å². The topological polar surface area (TPSA) is 50.8 Å². The molecular weight excluding hydrogens is 226 g/mol. The molecule has 0 saturated heterocycles. The molecule has 0 fully saturated rings. The van der Waals surface area contributed by atoms with Crippen LogP contribution in [0.4, 0.5) is 0 Å². The number of rotatable bonds is 3. The molecule has 0 saturated carbocycles. The number of hydrogen-bond acceptors (Lipinski definition) is 3. The predicted octanol–water partition coefficient (Wildman–Crippen LogP) is 2.69. The predicted molar refractivity (Wildman–Crippen MR) is 69.2 cm³/mol. The third-order valence-corrected chi connectivity index (χ3v) is 2.89. The van der Waals surface area contributed by atoms with Crippen molar-refractivity contribution in [2.75, 3.05) is 7.11 Å². The molecule has 1 atom stereocenters. The van der Waals surface area contributed by atoms with E-state index in [4.69, 9.17) is 4.74 Å². The van der Waals surface area contributed by atoms with E-state index in [1.54, 1.807) is 19.5 Å². The molecule has 3 aromatic rings. The van der Waals surface area contributed by atoms with Gasteiger partial charge in [-0.3, -0.25) is 4.98 Å². The fourth-order valence-electron chi connectivity index (χ4n) is 2.03. The van der Waals surface area contributed by atoms with Crippen molar-refractivity contribution < 1.29 is 4.74 Å². The van der Waals surface area contributed by atoms with Crippen LogP contribution in [0, 0.1) is 0 Å². The summed E-state index contributed by atoms with van der Waals surface area (Å²) >= 11 is 0. The van der Waals surface area contributed by atoms with Crippen molar-refractivity contribution in [3.63, 3.8) is 0 Å². The highest BCUT2D eigenvalue weighted by atomic mass is 16.5. The largest absolute Gasteiger partial charge is 0.369 e. The maximum atomic E-state index is 5.54. The molecule has 1 unspecified atom stereocenters. The number of aromatic nitrogens is 3. The summed E-state index contributed by atoms with van der Waals surface area (Å²) in [5, 5.41) is 0. The number of ether oxygens (including phenoxy) is 1. The molecular formula is C14H13N3O. The van der Waals surface area contributed by atoms with Gasteiger partial charge in [0.05, 0.1) is 17.2 Å². The Hall–Kier alpha value is -2.20. The van der Waals surface area contributed by atoms with Crippen molar-refractivity contribution in [2.24, 2.45) is 0 Å². The van der Waals surface area contributed by atoms with Crippen molar-refractivity contribution in [3.05, 3.63) is 60.2 Å². The summed E-state index contributed by atoms with van der Waals surface area (Å²) in [6.45, 7) is 0. The van der Waals surface area contributed by atoms with Crippen molar-refractivity contribution >= 4 is 11.0 Å². The van der Waals surface area contributed by atoms with Gasteiger partial charge in [-0.25, -0.2) is 4.98 Å². The minimum atomic E-state index is -0.182. The summed E-state index contributed by atoms with van der Waals surface area (Å²) in [7, 11) is 1.68. The van der Waals surface area contributed by atoms with Crippen LogP contribution >= 0.6 is 0 Å². The lowest BCUT2D eigenvalue weighted by Crippen LogP contribution is -2.05. The van der Waals surface area contributed by atoms with Crippen LogP contribution in [-0.2, 0) is 4.74 Å². The Labute approximate surface area is 105 Å². The van der Waals surface area contributed by atoms with Crippen molar-refractivity contribution in [3.8, 4) is 0 Å². The fourth-order valence-corrected chi connectivity index (χ4v) is 2.03. The molecule has 4 nitrogen and oxygen atoms in total. The molecule has 0 spiro atoms. The summed E-state index contributed by atoms with van der Waals surface area (Å²) < 4.78 is 5.54. The second-order valence-corrected chi connectivity index (χ2v) is 4.04. The quantitative estimate of drug-likeness (QED) is 0.764. The number of aromatic amines is 1. The van der Waals surface area contributed by atoms with Gasteiger partial charge in [-0.2, -0.15) is 0 Å². The summed E-state index contributed by atoms with van der Waals surface area (Å²) in [5.74, 6) is 0.798. The van der Waals surface area contributed by atoms with Crippen LogP contribution in [0.1, 0.15) is 17.5 Å². The molecule has 3 rings (SSSR count). The normalized spacial score (nSPS) is 12.7. The maximum Gasteiger partial charge on any atom is 0.141 e. The second kappa shape index (κ2) is 4.58. The second-order valence-electron chi connectivity index (χ2n) is 4.04. The van der Waals surface area contributed by atoms with E-state index >= 15 is 0 Å². The average molecular weight is 239 g/mol. The monoisotopic (exact) mass is 239 g/mol. The third kappa shape index (κ3) is 1.87. The van der Waals surface area contributed by atoms with Gasteiger partial charge in [0.15, 0.2) is 0 Å². The number of pyridine rings is 1. The van der Waals surface area contributed by atoms with Gasteiger partial charge in [0.1, 0.15) is 11.9 Å². The van der Waals surface area contributed by atoms with E-state index < -0.39 is 0 Å². The number of nitrogens with one attached hydrogen (secondary N) is 1. The third-order valence-electron chi connectivity index (χ3n) is 2.89. The standard InChI is InChI=1S/C14H13N3O/c1-18-13(10-5-3-2-4-6-10)14-16-11-7-8-15-9-12(11)17-14/h2-9,13H,1H3,(H,16,17). The molecule has 0 amide bonds. The highest BCUT2D eigenvalue weighted by Crippen LogP contribution is 2.24. The Bertz CT molecular complexity index is 615. The van der Waals surface area contributed by atoms with Crippen molar-refractivity contribution in [1.82, 2.24) is 15.0 Å². The first kappa shape index (κ1) is 10.9. The fraction of sp³-hybridized carbons (Fsp3) is 0.143. The van der Waals surface area contributed by atoms with Gasteiger partial charge >= 0.3 is 0 Å². The van der Waals surface area contributed by atoms with Gasteiger partial charge in [-0.05, 0) is 11.6 Å². The minimum absolute atomic E-state index is 0.182. The van der Waals surface area contributed by atoms with E-state index in [9.17, 15) is 0 Å². The van der Waals surface area contributed by atoms with Crippen molar-refractivity contribution in [2.45, 2.75) is 6.10 Å². The number of H-pyrrole nitrogens is 1. The molecule has 0 radical (unpaired) electrons. The smallest absolute Gasteiger partial charge is 0.141 e. The lowest BCUT2D eigenvalue weighted by molar-refractivity contribution is 0.130. The van der Waals surface area contributed by atoms with Crippen LogP contribution < -0.4 is 0 Å². The van der Waals surface area contributed by atoms with Gasteiger partial charge in [-0.1, -0.05) is 30.3 Å². The lowest BCUT2D eigenvalue weighted by Gasteiger charge is -2.12. The summed E-state index contributed by atoms with van der Waals surface area (Å²) in [4.78, 5) is 11.9. The molecule has 90 valence electrons. The Morgan fingerprint density at radius 2 is 2.00 bits per heavy atom. The zero-order valence-corrected chi connectivity index (χ0v) is 10.00. The first-order valence-corrected chi connectivity index (χ1v) is 5.76. The van der Waals surface area contributed by atoms with Crippen LogP contribution in [0.3, 0.4) is 0 Å². The summed E-state index contributed by atoms with van der Waals surface area (Å²) in [6, 6.07) is 11.9. The molecule has 18 heavy (non-hydrogen) atoms. The Morgan fingerprint density at radius 1 is 1.17 bits per heavy atom. The zero-order valence-electron chi connectivity index (χ0n) is 10.00. The Balaban J connectivity index is 2.06. The first-order valence-electron chi connectivity index (χ1n) is 5.76. The van der Waals surface area contributed by atoms with E-state index in [0.29, 0.717) is 0 Å². The number of imidazole rings is 1. The lowest BCUT2D eigenvalue weighted by atomic mass is 10.1. The number of fused-ring (bicyclic) bond motifs is 1. The zero-order chi connectivity index (χ0) is 12.4. The number of nitrogens with zero attached hydrogens (tertiary/aromatic N) is 2. The Morgan fingerprint density at radius 3 is 2.72 bits per heavy atom. The van der Waals surface area contributed by atoms with E-state index in [1.165, 1.54) is 0 Å². The molecule has 2 heterocycles. The maximum absolute atomic E-state index is 5.54. The number of methoxy groups -OCH3 is 1. The minimum Gasteiger partial charge on any atom is -0.369 e. The highest BCUT2D eigenvalue weighted by molar-refractivity contribution is 5.73. The SMILES string of the molecule is COC(c1ccccc1)c1nc2ccncc2[nH]1. The molecule has 1 aromatic carbocycles. The Kier molecular flexibility index (Phi) is 2.78. The van der Waals surface area contributed by atoms with E-state index in [0.717, 1.165) is 22.4 Å². The molecule has 1 N–H and O–H groups in total. The van der Waals surface area contributed by atoms with Crippen LogP contribution in [0.5, 0.6) is 0 Å². The molecule has 0 bridgehead atoms. The van der Waals surface area contributed by atoms with Gasteiger partial charge in [-0.15, -0.1) is 0 Å². The van der Waals surface area contributed by atoms with Crippen LogP contribution in [-0.4, -0.2) is 22.1 Å². The molecule has 0 aliphatic rings. The molecule has 2 aromatic heterocycles. The van der Waals surface area contributed by atoms with Gasteiger partial charge in [0.25, 0.3) is 0 Å². The van der Waals surface area contributed by atoms with E-state index in [-0.39, 0.29) is 6.10 Å². The van der Waals surface area contributed by atoms with Gasteiger partial charge in [0, 0.05) is 13.3 Å². The highest BCUT2D eigenvalue weighted by Gasteiger charge is 2.16. The first-order chi connectivity index (χ1) is 8.88. The summed E-state index contributed by atoms with van der Waals surface area (Å²) in [5.41, 5.74) is 2.90. The average Bonchev–Trinajstić information content (AvgIpc) is 2.84. The summed E-state index contributed by atoms with van der Waals surface area (Å²) in [6.07, 6.45) is 3.32. The van der Waals surface area contributed by atoms with Crippen LogP contribution in [0.2, 0.25) is 0 Å². The van der Waals surface area contributed by atoms with Crippen molar-refractivity contribution in [1.29, 1.82) is 0 Å². The molecule has 4 heteroatoms. The molecule has 0 aliphatic heterocycles. The van der Waals surface area contributed by atoms with Gasteiger partial charge < -0.3 is 9.72 Å². The molecule has 0 aliphatic carbocycles. The van der Waals surface area contributed by atoms with E-state index in [1.807, 2.05) is 36.4 Å². The van der Waals surface area contributed by atoms with Crippen LogP contribution in [0.25, 0.3) is 11.0 Å².